The standard InChI is InChI=1S/C19H18O11/c1-23-15-7-3-5-13(9-15)17(20)29-27-11-25-19(22)26-12-28-30-18(21)14-6-4-8-16(10-14)24-2/h3-10H,11-12H2,1-2H3. The van der Waals surface area contributed by atoms with Crippen LogP contribution in [0.4, 0.5) is 4.79 Å². The van der Waals surface area contributed by atoms with E-state index < -0.39 is 31.7 Å². The van der Waals surface area contributed by atoms with Crippen LogP contribution in [0.5, 0.6) is 11.5 Å². The highest BCUT2D eigenvalue weighted by Gasteiger charge is 2.12. The van der Waals surface area contributed by atoms with Gasteiger partial charge in [-0.3, -0.25) is 9.78 Å². The minimum absolute atomic E-state index is 0.170. The molecule has 0 saturated heterocycles. The molecule has 11 heteroatoms. The van der Waals surface area contributed by atoms with Crippen molar-refractivity contribution in [1.82, 2.24) is 0 Å². The Morgan fingerprint density at radius 3 is 1.53 bits per heavy atom. The van der Waals surface area contributed by atoms with E-state index in [0.717, 1.165) is 0 Å². The van der Waals surface area contributed by atoms with Gasteiger partial charge in [0.1, 0.15) is 11.5 Å². The molecular weight excluding hydrogens is 404 g/mol. The van der Waals surface area contributed by atoms with Crippen LogP contribution in [0, 0.1) is 0 Å². The topological polar surface area (TPSA) is 125 Å². The fraction of sp³-hybridized carbons (Fsp3) is 0.211. The molecule has 2 aromatic rings. The van der Waals surface area contributed by atoms with Gasteiger partial charge in [-0.15, -0.1) is 9.78 Å². The van der Waals surface area contributed by atoms with Gasteiger partial charge in [-0.1, -0.05) is 12.1 Å². The molecule has 30 heavy (non-hydrogen) atoms. The first kappa shape index (κ1) is 22.5. The van der Waals surface area contributed by atoms with E-state index in [1.807, 2.05) is 0 Å². The molecule has 0 aliphatic carbocycles. The van der Waals surface area contributed by atoms with Crippen molar-refractivity contribution >= 4 is 18.1 Å². The SMILES string of the molecule is COc1cccc(C(=O)OOCOC(=O)OCOOC(=O)c2cccc(OC)c2)c1. The van der Waals surface area contributed by atoms with E-state index in [1.165, 1.54) is 38.5 Å². The van der Waals surface area contributed by atoms with Crippen LogP contribution in [0.3, 0.4) is 0 Å². The molecule has 0 aromatic heterocycles. The molecular formula is C19H18O11. The van der Waals surface area contributed by atoms with Crippen LogP contribution in [0.15, 0.2) is 48.5 Å². The highest BCUT2D eigenvalue weighted by molar-refractivity contribution is 5.89. The molecule has 0 N–H and O–H groups in total. The lowest BCUT2D eigenvalue weighted by atomic mass is 10.2. The predicted octanol–water partition coefficient (Wildman–Crippen LogP) is 2.65. The van der Waals surface area contributed by atoms with Gasteiger partial charge in [0.05, 0.1) is 25.3 Å². The highest BCUT2D eigenvalue weighted by Crippen LogP contribution is 2.14. The Morgan fingerprint density at radius 2 is 1.13 bits per heavy atom. The van der Waals surface area contributed by atoms with Crippen molar-refractivity contribution in [3.63, 3.8) is 0 Å². The Labute approximate surface area is 170 Å². The van der Waals surface area contributed by atoms with Gasteiger partial charge >= 0.3 is 18.1 Å². The average Bonchev–Trinajstić information content (AvgIpc) is 2.79. The Hall–Kier alpha value is -3.83. The summed E-state index contributed by atoms with van der Waals surface area (Å²) in [6.07, 6.45) is -1.22. The third-order valence-corrected chi connectivity index (χ3v) is 3.33. The van der Waals surface area contributed by atoms with E-state index in [1.54, 1.807) is 24.3 Å². The number of benzene rings is 2. The average molecular weight is 422 g/mol. The molecule has 0 atom stereocenters. The van der Waals surface area contributed by atoms with E-state index in [0.29, 0.717) is 11.5 Å². The minimum atomic E-state index is -1.22. The molecule has 11 nitrogen and oxygen atoms in total. The maximum Gasteiger partial charge on any atom is 0.512 e. The molecule has 0 aliphatic rings. The molecule has 0 saturated carbocycles. The van der Waals surface area contributed by atoms with Crippen molar-refractivity contribution in [2.24, 2.45) is 0 Å². The van der Waals surface area contributed by atoms with Crippen molar-refractivity contribution in [2.75, 3.05) is 27.8 Å². The van der Waals surface area contributed by atoms with Gasteiger partial charge in [0, 0.05) is 0 Å². The zero-order chi connectivity index (χ0) is 21.8. The van der Waals surface area contributed by atoms with Crippen LogP contribution in [0.2, 0.25) is 0 Å². The molecule has 0 amide bonds. The van der Waals surface area contributed by atoms with Crippen LogP contribution >= 0.6 is 0 Å². The summed E-state index contributed by atoms with van der Waals surface area (Å²) in [5.41, 5.74) is 0.339. The van der Waals surface area contributed by atoms with Gasteiger partial charge in [0.25, 0.3) is 0 Å². The molecule has 0 bridgehead atoms. The van der Waals surface area contributed by atoms with Crippen molar-refractivity contribution in [2.45, 2.75) is 0 Å². The van der Waals surface area contributed by atoms with E-state index in [-0.39, 0.29) is 11.1 Å². The first-order chi connectivity index (χ1) is 14.5. The third kappa shape index (κ3) is 7.30. The fourth-order valence-electron chi connectivity index (χ4n) is 1.94. The van der Waals surface area contributed by atoms with E-state index in [2.05, 4.69) is 29.0 Å². The lowest BCUT2D eigenvalue weighted by Crippen LogP contribution is -2.15. The Morgan fingerprint density at radius 1 is 0.700 bits per heavy atom. The second-order valence-corrected chi connectivity index (χ2v) is 5.22. The van der Waals surface area contributed by atoms with Crippen LogP contribution < -0.4 is 9.47 Å². The van der Waals surface area contributed by atoms with E-state index >= 15 is 0 Å². The molecule has 0 heterocycles. The van der Waals surface area contributed by atoms with E-state index in [9.17, 15) is 14.4 Å². The Balaban J connectivity index is 1.58. The maximum atomic E-state index is 11.7. The smallest absolute Gasteiger partial charge is 0.497 e. The zero-order valence-electron chi connectivity index (χ0n) is 16.0. The number of rotatable bonds is 10. The molecule has 2 aromatic carbocycles. The van der Waals surface area contributed by atoms with Gasteiger partial charge < -0.3 is 18.9 Å². The first-order valence-electron chi connectivity index (χ1n) is 8.28. The van der Waals surface area contributed by atoms with Crippen molar-refractivity contribution in [1.29, 1.82) is 0 Å². The third-order valence-electron chi connectivity index (χ3n) is 3.33. The lowest BCUT2D eigenvalue weighted by molar-refractivity contribution is -0.297. The number of carbonyl (C=O) groups excluding carboxylic acids is 3. The second-order valence-electron chi connectivity index (χ2n) is 5.22. The van der Waals surface area contributed by atoms with Crippen molar-refractivity contribution < 1.29 is 52.9 Å². The fourth-order valence-corrected chi connectivity index (χ4v) is 1.94. The molecule has 0 aliphatic heterocycles. The monoisotopic (exact) mass is 422 g/mol. The largest absolute Gasteiger partial charge is 0.512 e. The number of methoxy groups -OCH3 is 2. The molecule has 0 spiro atoms. The summed E-state index contributed by atoms with van der Waals surface area (Å²) in [6, 6.07) is 12.3. The van der Waals surface area contributed by atoms with Crippen LogP contribution in [-0.4, -0.2) is 45.9 Å². The van der Waals surface area contributed by atoms with Gasteiger partial charge in [0.2, 0.25) is 13.6 Å². The van der Waals surface area contributed by atoms with Gasteiger partial charge in [-0.2, -0.15) is 0 Å². The molecule has 0 unspecified atom stereocenters. The summed E-state index contributed by atoms with van der Waals surface area (Å²) >= 11 is 0. The summed E-state index contributed by atoms with van der Waals surface area (Å²) in [6.45, 7) is -1.48. The number of hydrogen-bond donors (Lipinski definition) is 0. The first-order valence-corrected chi connectivity index (χ1v) is 8.28. The molecule has 2 rings (SSSR count). The maximum absolute atomic E-state index is 11.7. The summed E-state index contributed by atoms with van der Waals surface area (Å²) in [4.78, 5) is 52.7. The zero-order valence-corrected chi connectivity index (χ0v) is 16.0. The predicted molar refractivity (Wildman–Crippen MR) is 96.3 cm³/mol. The number of ether oxygens (including phenoxy) is 4. The lowest BCUT2D eigenvalue weighted by Gasteiger charge is -2.07. The van der Waals surface area contributed by atoms with Crippen molar-refractivity contribution in [3.8, 4) is 11.5 Å². The van der Waals surface area contributed by atoms with E-state index in [4.69, 9.17) is 9.47 Å². The second kappa shape index (κ2) is 11.9. The van der Waals surface area contributed by atoms with Crippen LogP contribution in [-0.2, 0) is 29.0 Å². The molecule has 160 valence electrons. The summed E-state index contributed by atoms with van der Waals surface area (Å²) in [5, 5.41) is 0. The summed E-state index contributed by atoms with van der Waals surface area (Å²) in [7, 11) is 2.90. The quantitative estimate of drug-likeness (QED) is 0.184. The minimum Gasteiger partial charge on any atom is -0.497 e. The summed E-state index contributed by atoms with van der Waals surface area (Å²) in [5.74, 6) is -0.731. The number of carbonyl (C=O) groups is 3. The normalized spacial score (nSPS) is 9.93. The molecule has 0 fully saturated rings. The highest BCUT2D eigenvalue weighted by atomic mass is 17.2. The molecule has 0 radical (unpaired) electrons. The van der Waals surface area contributed by atoms with Crippen molar-refractivity contribution in [3.05, 3.63) is 59.7 Å². The van der Waals surface area contributed by atoms with Crippen LogP contribution in [0.25, 0.3) is 0 Å². The van der Waals surface area contributed by atoms with Gasteiger partial charge in [-0.25, -0.2) is 14.4 Å². The Bertz CT molecular complexity index is 796. The van der Waals surface area contributed by atoms with Gasteiger partial charge in [0.15, 0.2) is 0 Å². The Kier molecular flexibility index (Phi) is 8.90. The van der Waals surface area contributed by atoms with Crippen LogP contribution in [0.1, 0.15) is 20.7 Å². The number of hydrogen-bond acceptors (Lipinski definition) is 11. The van der Waals surface area contributed by atoms with Gasteiger partial charge in [-0.05, 0) is 36.4 Å². The summed E-state index contributed by atoms with van der Waals surface area (Å²) < 4.78 is 18.9.